The van der Waals surface area contributed by atoms with E-state index in [0.717, 1.165) is 0 Å². The number of aromatic amines is 1. The highest BCUT2D eigenvalue weighted by molar-refractivity contribution is 6.12. The number of allylic oxidation sites excluding steroid dienone is 3. The number of benzene rings is 3. The van der Waals surface area contributed by atoms with E-state index in [0.29, 0.717) is 0 Å². The molecule has 0 saturated carbocycles. The van der Waals surface area contributed by atoms with Crippen molar-refractivity contribution in [3.63, 3.8) is 0 Å². The Hall–Kier alpha value is -2.80. The highest BCUT2D eigenvalue weighted by atomic mass is 14.7. The smallest absolute Gasteiger partial charge is 0.0471 e. The maximum Gasteiger partial charge on any atom is 0.0471 e. The van der Waals surface area contributed by atoms with Gasteiger partial charge in [0, 0.05) is 21.8 Å². The first-order valence-electron chi connectivity index (χ1n) is 7.59. The van der Waals surface area contributed by atoms with Crippen molar-refractivity contribution in [1.82, 2.24) is 4.98 Å². The van der Waals surface area contributed by atoms with Crippen LogP contribution in [0.15, 0.2) is 72.8 Å². The van der Waals surface area contributed by atoms with E-state index in [1.807, 2.05) is 19.1 Å². The summed E-state index contributed by atoms with van der Waals surface area (Å²) < 4.78 is 0. The summed E-state index contributed by atoms with van der Waals surface area (Å²) in [7, 11) is 0. The second kappa shape index (κ2) is 5.19. The molecule has 3 aromatic carbocycles. The average molecular weight is 283 g/mol. The molecule has 0 aliphatic heterocycles. The van der Waals surface area contributed by atoms with Gasteiger partial charge < -0.3 is 4.98 Å². The van der Waals surface area contributed by atoms with E-state index in [1.54, 1.807) is 0 Å². The summed E-state index contributed by atoms with van der Waals surface area (Å²) in [6, 6.07) is 19.6. The molecule has 1 heteroatoms. The monoisotopic (exact) mass is 283 g/mol. The van der Waals surface area contributed by atoms with Gasteiger partial charge in [-0.3, -0.25) is 0 Å². The summed E-state index contributed by atoms with van der Waals surface area (Å²) in [5.74, 6) is 0. The van der Waals surface area contributed by atoms with Crippen LogP contribution >= 0.6 is 0 Å². The van der Waals surface area contributed by atoms with Gasteiger partial charge in [-0.15, -0.1) is 0 Å². The highest BCUT2D eigenvalue weighted by Crippen LogP contribution is 2.30. The second-order valence-corrected chi connectivity index (χ2v) is 5.56. The van der Waals surface area contributed by atoms with E-state index in [1.165, 1.54) is 38.1 Å². The number of rotatable bonds is 2. The zero-order valence-electron chi connectivity index (χ0n) is 12.5. The van der Waals surface area contributed by atoms with Crippen LogP contribution in [-0.2, 0) is 0 Å². The van der Waals surface area contributed by atoms with Gasteiger partial charge >= 0.3 is 0 Å². The topological polar surface area (TPSA) is 15.8 Å². The Kier molecular flexibility index (Phi) is 3.05. The first-order valence-corrected chi connectivity index (χ1v) is 7.59. The molecule has 0 saturated heterocycles. The van der Waals surface area contributed by atoms with Gasteiger partial charge in [0.25, 0.3) is 0 Å². The molecule has 0 aliphatic carbocycles. The first kappa shape index (κ1) is 12.9. The van der Waals surface area contributed by atoms with Crippen LogP contribution in [0.2, 0.25) is 0 Å². The van der Waals surface area contributed by atoms with Crippen LogP contribution in [0.5, 0.6) is 0 Å². The van der Waals surface area contributed by atoms with E-state index in [-0.39, 0.29) is 0 Å². The number of fused-ring (bicyclic) bond motifs is 4. The molecule has 1 aromatic heterocycles. The van der Waals surface area contributed by atoms with Crippen molar-refractivity contribution in [2.45, 2.75) is 6.92 Å². The van der Waals surface area contributed by atoms with Crippen LogP contribution in [0.25, 0.3) is 38.7 Å². The van der Waals surface area contributed by atoms with Crippen molar-refractivity contribution < 1.29 is 0 Å². The molecule has 0 fully saturated rings. The fourth-order valence-electron chi connectivity index (χ4n) is 2.99. The quantitative estimate of drug-likeness (QED) is 0.430. The number of nitrogens with one attached hydrogen (secondary N) is 1. The Bertz CT molecular complexity index is 1030. The average Bonchev–Trinajstić information content (AvgIpc) is 2.90. The van der Waals surface area contributed by atoms with Crippen LogP contribution in [-0.4, -0.2) is 4.98 Å². The third-order valence-corrected chi connectivity index (χ3v) is 4.08. The molecule has 0 unspecified atom stereocenters. The van der Waals surface area contributed by atoms with E-state index in [4.69, 9.17) is 0 Å². The third kappa shape index (κ3) is 2.11. The predicted molar refractivity (Wildman–Crippen MR) is 97.2 cm³/mol. The van der Waals surface area contributed by atoms with Gasteiger partial charge in [0.2, 0.25) is 0 Å². The fourth-order valence-corrected chi connectivity index (χ4v) is 2.99. The minimum absolute atomic E-state index is 1.19. The molecule has 0 spiro atoms. The lowest BCUT2D eigenvalue weighted by molar-refractivity contribution is 1.55. The largest absolute Gasteiger partial charge is 0.354 e. The highest BCUT2D eigenvalue weighted by Gasteiger charge is 2.06. The molecule has 0 radical (unpaired) electrons. The number of H-pyrrole nitrogens is 1. The Balaban J connectivity index is 1.97. The molecular formula is C21H17N. The van der Waals surface area contributed by atoms with Crippen molar-refractivity contribution in [1.29, 1.82) is 0 Å². The lowest BCUT2D eigenvalue weighted by Crippen LogP contribution is -1.73. The van der Waals surface area contributed by atoms with Crippen molar-refractivity contribution >= 4 is 38.7 Å². The molecule has 22 heavy (non-hydrogen) atoms. The van der Waals surface area contributed by atoms with Crippen LogP contribution < -0.4 is 0 Å². The molecule has 0 aliphatic rings. The molecule has 1 nitrogen and oxygen atoms in total. The molecule has 1 N–H and O–H groups in total. The molecule has 0 bridgehead atoms. The van der Waals surface area contributed by atoms with Gasteiger partial charge in [0.1, 0.15) is 0 Å². The lowest BCUT2D eigenvalue weighted by Gasteiger charge is -1.98. The third-order valence-electron chi connectivity index (χ3n) is 4.08. The lowest BCUT2D eigenvalue weighted by atomic mass is 10.0. The van der Waals surface area contributed by atoms with E-state index in [9.17, 15) is 0 Å². The van der Waals surface area contributed by atoms with Crippen molar-refractivity contribution in [2.75, 3.05) is 0 Å². The number of hydrogen-bond donors (Lipinski definition) is 1. The van der Waals surface area contributed by atoms with Crippen LogP contribution in [0, 0.1) is 0 Å². The normalized spacial score (nSPS) is 12.4. The summed E-state index contributed by atoms with van der Waals surface area (Å²) in [6.07, 6.45) is 8.30. The van der Waals surface area contributed by atoms with Gasteiger partial charge in [-0.1, -0.05) is 54.6 Å². The summed E-state index contributed by atoms with van der Waals surface area (Å²) >= 11 is 0. The maximum atomic E-state index is 3.53. The Morgan fingerprint density at radius 1 is 0.773 bits per heavy atom. The van der Waals surface area contributed by atoms with Gasteiger partial charge in [-0.05, 0) is 47.5 Å². The van der Waals surface area contributed by atoms with Crippen molar-refractivity contribution in [3.05, 3.63) is 78.4 Å². The standard InChI is InChI=1S/C21H17N/c1-2-3-4-7-15-10-11-20-18(12-15)19-13-16-8-5-6-9-17(16)14-21(19)22-20/h2-14,22H,1H3/b3-2-,7-4-. The van der Waals surface area contributed by atoms with Gasteiger partial charge in [-0.25, -0.2) is 0 Å². The van der Waals surface area contributed by atoms with Crippen molar-refractivity contribution in [2.24, 2.45) is 0 Å². The predicted octanol–water partition coefficient (Wildman–Crippen LogP) is 6.06. The van der Waals surface area contributed by atoms with Crippen LogP contribution in [0.4, 0.5) is 0 Å². The van der Waals surface area contributed by atoms with E-state index in [2.05, 4.69) is 71.7 Å². The minimum Gasteiger partial charge on any atom is -0.354 e. The SMILES string of the molecule is C/C=C\C=C/c1ccc2[nH]c3cc4ccccc4cc3c2c1. The Morgan fingerprint density at radius 3 is 2.36 bits per heavy atom. The van der Waals surface area contributed by atoms with E-state index < -0.39 is 0 Å². The summed E-state index contributed by atoms with van der Waals surface area (Å²) in [5, 5.41) is 5.12. The van der Waals surface area contributed by atoms with Gasteiger partial charge in [-0.2, -0.15) is 0 Å². The molecule has 4 aromatic rings. The second-order valence-electron chi connectivity index (χ2n) is 5.56. The van der Waals surface area contributed by atoms with Crippen LogP contribution in [0.3, 0.4) is 0 Å². The molecule has 0 atom stereocenters. The molecular weight excluding hydrogens is 266 g/mol. The summed E-state index contributed by atoms with van der Waals surface area (Å²) in [5.41, 5.74) is 3.61. The zero-order valence-corrected chi connectivity index (χ0v) is 12.5. The molecule has 0 amide bonds. The molecule has 1 heterocycles. The van der Waals surface area contributed by atoms with E-state index >= 15 is 0 Å². The van der Waals surface area contributed by atoms with Gasteiger partial charge in [0.05, 0.1) is 0 Å². The number of hydrogen-bond acceptors (Lipinski definition) is 0. The fraction of sp³-hybridized carbons (Fsp3) is 0.0476. The first-order chi connectivity index (χ1) is 10.8. The summed E-state index contributed by atoms with van der Waals surface area (Å²) in [4.78, 5) is 3.53. The zero-order chi connectivity index (χ0) is 14.9. The maximum absolute atomic E-state index is 3.53. The summed E-state index contributed by atoms with van der Waals surface area (Å²) in [6.45, 7) is 2.03. The Labute approximate surface area is 129 Å². The molecule has 4 rings (SSSR count). The van der Waals surface area contributed by atoms with Crippen LogP contribution in [0.1, 0.15) is 12.5 Å². The Morgan fingerprint density at radius 2 is 1.55 bits per heavy atom. The van der Waals surface area contributed by atoms with Gasteiger partial charge in [0.15, 0.2) is 0 Å². The number of aromatic nitrogens is 1. The minimum atomic E-state index is 1.19. The molecule has 106 valence electrons. The van der Waals surface area contributed by atoms with Crippen molar-refractivity contribution in [3.8, 4) is 0 Å².